The van der Waals surface area contributed by atoms with Crippen LogP contribution in [0.15, 0.2) is 40.7 Å². The molecule has 0 atom stereocenters. The molecule has 0 aliphatic rings. The van der Waals surface area contributed by atoms with Crippen molar-refractivity contribution in [3.05, 3.63) is 47.8 Å². The number of rotatable bonds is 5. The Morgan fingerprint density at radius 1 is 1.25 bits per heavy atom. The highest BCUT2D eigenvalue weighted by Crippen LogP contribution is 2.30. The zero-order chi connectivity index (χ0) is 17.1. The van der Waals surface area contributed by atoms with E-state index >= 15 is 0 Å². The first-order chi connectivity index (χ1) is 11.5. The molecule has 1 aromatic heterocycles. The van der Waals surface area contributed by atoms with Crippen LogP contribution in [-0.4, -0.2) is 26.9 Å². The lowest BCUT2D eigenvalue weighted by molar-refractivity contribution is -0.118. The maximum absolute atomic E-state index is 13.6. The predicted octanol–water partition coefficient (Wildman–Crippen LogP) is 3.26. The van der Waals surface area contributed by atoms with E-state index in [-0.39, 0.29) is 35.5 Å². The minimum absolute atomic E-state index is 0.158. The second-order valence-electron chi connectivity index (χ2n) is 4.95. The van der Waals surface area contributed by atoms with E-state index < -0.39 is 0 Å². The molecule has 3 rings (SSSR count). The second kappa shape index (κ2) is 7.06. The van der Waals surface area contributed by atoms with E-state index in [0.29, 0.717) is 15.4 Å². The molecular formula is C16H13FN2O3S2. The number of hydrogen-bond acceptors (Lipinski definition) is 6. The standard InChI is InChI=1S/C16H13FN2O3S2/c17-10-2-1-3-13-15(10)19-16(24-13)23-8-14(22)18-7-9-4-5-11(20)12(21)6-9/h1-6,20-21H,7-8H2,(H,18,22). The molecule has 1 heterocycles. The molecule has 1 amide bonds. The van der Waals surface area contributed by atoms with Crippen molar-refractivity contribution in [2.45, 2.75) is 10.9 Å². The summed E-state index contributed by atoms with van der Waals surface area (Å²) in [7, 11) is 0. The Balaban J connectivity index is 1.54. The summed E-state index contributed by atoms with van der Waals surface area (Å²) in [5.41, 5.74) is 0.996. The van der Waals surface area contributed by atoms with E-state index in [4.69, 9.17) is 0 Å². The maximum atomic E-state index is 13.6. The monoisotopic (exact) mass is 364 g/mol. The molecular weight excluding hydrogens is 351 g/mol. The van der Waals surface area contributed by atoms with Crippen molar-refractivity contribution in [2.75, 3.05) is 5.75 Å². The van der Waals surface area contributed by atoms with Crippen molar-refractivity contribution in [1.29, 1.82) is 0 Å². The van der Waals surface area contributed by atoms with Crippen molar-refractivity contribution in [2.24, 2.45) is 0 Å². The second-order valence-corrected chi connectivity index (χ2v) is 7.21. The number of amides is 1. The molecule has 0 bridgehead atoms. The molecule has 0 aliphatic heterocycles. The zero-order valence-electron chi connectivity index (χ0n) is 12.3. The number of fused-ring (bicyclic) bond motifs is 1. The fourth-order valence-corrected chi connectivity index (χ4v) is 3.92. The minimum atomic E-state index is -0.368. The third-order valence-electron chi connectivity index (χ3n) is 3.21. The van der Waals surface area contributed by atoms with E-state index in [2.05, 4.69) is 10.3 Å². The van der Waals surface area contributed by atoms with Crippen LogP contribution in [0.3, 0.4) is 0 Å². The summed E-state index contributed by atoms with van der Waals surface area (Å²) < 4.78 is 15.0. The highest BCUT2D eigenvalue weighted by Gasteiger charge is 2.10. The average molecular weight is 364 g/mol. The van der Waals surface area contributed by atoms with Gasteiger partial charge in [0.25, 0.3) is 0 Å². The summed E-state index contributed by atoms with van der Waals surface area (Å²) >= 11 is 2.59. The van der Waals surface area contributed by atoms with Gasteiger partial charge < -0.3 is 15.5 Å². The number of benzene rings is 2. The summed E-state index contributed by atoms with van der Waals surface area (Å²) in [4.78, 5) is 16.1. The lowest BCUT2D eigenvalue weighted by atomic mass is 10.2. The van der Waals surface area contributed by atoms with Crippen molar-refractivity contribution >= 4 is 39.2 Å². The number of carbonyl (C=O) groups is 1. The van der Waals surface area contributed by atoms with E-state index in [0.717, 1.165) is 4.70 Å². The Morgan fingerprint density at radius 3 is 2.83 bits per heavy atom. The number of thiazole rings is 1. The van der Waals surface area contributed by atoms with Gasteiger partial charge in [0.05, 0.1) is 10.5 Å². The van der Waals surface area contributed by atoms with Gasteiger partial charge in [0.15, 0.2) is 15.8 Å². The molecule has 124 valence electrons. The first-order valence-electron chi connectivity index (χ1n) is 6.98. The number of phenolic OH excluding ortho intramolecular Hbond substituents is 2. The maximum Gasteiger partial charge on any atom is 0.230 e. The van der Waals surface area contributed by atoms with Gasteiger partial charge in [-0.05, 0) is 29.8 Å². The molecule has 3 N–H and O–H groups in total. The van der Waals surface area contributed by atoms with Crippen LogP contribution in [0.4, 0.5) is 4.39 Å². The molecule has 0 spiro atoms. The number of halogens is 1. The van der Waals surface area contributed by atoms with Crippen LogP contribution in [0, 0.1) is 5.82 Å². The van der Waals surface area contributed by atoms with Gasteiger partial charge in [-0.3, -0.25) is 4.79 Å². The zero-order valence-corrected chi connectivity index (χ0v) is 14.0. The van der Waals surface area contributed by atoms with Crippen molar-refractivity contribution in [1.82, 2.24) is 10.3 Å². The molecule has 0 saturated heterocycles. The minimum Gasteiger partial charge on any atom is -0.504 e. The van der Waals surface area contributed by atoms with Crippen molar-refractivity contribution in [3.8, 4) is 11.5 Å². The van der Waals surface area contributed by atoms with Crippen molar-refractivity contribution < 1.29 is 19.4 Å². The number of thioether (sulfide) groups is 1. The molecule has 0 saturated carbocycles. The average Bonchev–Trinajstić information content (AvgIpc) is 2.99. The van der Waals surface area contributed by atoms with E-state index in [1.807, 2.05) is 0 Å². The van der Waals surface area contributed by atoms with Crippen LogP contribution < -0.4 is 5.32 Å². The lowest BCUT2D eigenvalue weighted by Gasteiger charge is -2.05. The quantitative estimate of drug-likeness (QED) is 0.478. The number of aromatic hydroxyl groups is 2. The highest BCUT2D eigenvalue weighted by molar-refractivity contribution is 8.01. The summed E-state index contributed by atoms with van der Waals surface area (Å²) in [6.45, 7) is 0.238. The largest absolute Gasteiger partial charge is 0.504 e. The number of aromatic nitrogens is 1. The van der Waals surface area contributed by atoms with Gasteiger partial charge in [0.2, 0.25) is 5.91 Å². The Bertz CT molecular complexity index is 898. The van der Waals surface area contributed by atoms with Crippen LogP contribution in [0.1, 0.15) is 5.56 Å². The smallest absolute Gasteiger partial charge is 0.230 e. The number of carbonyl (C=O) groups excluding carboxylic acids is 1. The summed E-state index contributed by atoms with van der Waals surface area (Å²) in [6.07, 6.45) is 0. The first kappa shape index (κ1) is 16.5. The fraction of sp³-hybridized carbons (Fsp3) is 0.125. The van der Waals surface area contributed by atoms with Gasteiger partial charge in [0, 0.05) is 6.54 Å². The van der Waals surface area contributed by atoms with Crippen molar-refractivity contribution in [3.63, 3.8) is 0 Å². The number of hydrogen-bond donors (Lipinski definition) is 3. The van der Waals surface area contributed by atoms with Crippen LogP contribution in [-0.2, 0) is 11.3 Å². The number of nitrogens with one attached hydrogen (secondary N) is 1. The van der Waals surface area contributed by atoms with Crippen LogP contribution in [0.25, 0.3) is 10.2 Å². The molecule has 0 aliphatic carbocycles. The van der Waals surface area contributed by atoms with Crippen LogP contribution >= 0.6 is 23.1 Å². The summed E-state index contributed by atoms with van der Waals surface area (Å²) in [5.74, 6) is -0.846. The number of para-hydroxylation sites is 1. The molecule has 2 aromatic carbocycles. The molecule has 8 heteroatoms. The normalized spacial score (nSPS) is 10.9. The number of nitrogens with zero attached hydrogens (tertiary/aromatic N) is 1. The Labute approximate surface area is 145 Å². The SMILES string of the molecule is O=C(CSc1nc2c(F)cccc2s1)NCc1ccc(O)c(O)c1. The van der Waals surface area contributed by atoms with E-state index in [9.17, 15) is 19.4 Å². The number of phenols is 2. The highest BCUT2D eigenvalue weighted by atomic mass is 32.2. The molecule has 24 heavy (non-hydrogen) atoms. The Kier molecular flexibility index (Phi) is 4.86. The van der Waals surface area contributed by atoms with E-state index in [1.165, 1.54) is 41.3 Å². The molecule has 0 fully saturated rings. The molecule has 3 aromatic rings. The Hall–Kier alpha value is -2.32. The van der Waals surface area contributed by atoms with Gasteiger partial charge in [-0.25, -0.2) is 9.37 Å². The third-order valence-corrected chi connectivity index (χ3v) is 5.37. The topological polar surface area (TPSA) is 82.5 Å². The van der Waals surface area contributed by atoms with Crippen LogP contribution in [0.2, 0.25) is 0 Å². The fourth-order valence-electron chi connectivity index (χ4n) is 2.01. The van der Waals surface area contributed by atoms with Crippen LogP contribution in [0.5, 0.6) is 11.5 Å². The predicted molar refractivity (Wildman–Crippen MR) is 91.9 cm³/mol. The van der Waals surface area contributed by atoms with Gasteiger partial charge in [-0.2, -0.15) is 0 Å². The van der Waals surface area contributed by atoms with Gasteiger partial charge in [-0.1, -0.05) is 23.9 Å². The van der Waals surface area contributed by atoms with Gasteiger partial charge >= 0.3 is 0 Å². The summed E-state index contributed by atoms with van der Waals surface area (Å²) in [6, 6.07) is 9.14. The summed E-state index contributed by atoms with van der Waals surface area (Å²) in [5, 5.41) is 21.4. The lowest BCUT2D eigenvalue weighted by Crippen LogP contribution is -2.24. The Morgan fingerprint density at radius 2 is 2.08 bits per heavy atom. The molecule has 5 nitrogen and oxygen atoms in total. The van der Waals surface area contributed by atoms with Gasteiger partial charge in [-0.15, -0.1) is 11.3 Å². The molecule has 0 radical (unpaired) electrons. The van der Waals surface area contributed by atoms with E-state index in [1.54, 1.807) is 18.2 Å². The van der Waals surface area contributed by atoms with Gasteiger partial charge in [0.1, 0.15) is 11.3 Å². The molecule has 0 unspecified atom stereocenters. The first-order valence-corrected chi connectivity index (χ1v) is 8.78. The third kappa shape index (κ3) is 3.77.